The molecule has 0 atom stereocenters. The second-order valence-electron chi connectivity index (χ2n) is 6.25. The van der Waals surface area contributed by atoms with Crippen LogP contribution >= 0.6 is 27.5 Å². The maximum Gasteiger partial charge on any atom is 0.343 e. The Hall–Kier alpha value is -2.83. The molecule has 0 fully saturated rings. The zero-order valence-corrected chi connectivity index (χ0v) is 18.4. The van der Waals surface area contributed by atoms with Crippen molar-refractivity contribution in [1.82, 2.24) is 0 Å². The number of carbonyl (C=O) groups is 2. The standard InChI is InChI=1S/C23H18BrClO5/c1-28-23(27)18-14-17(25)8-10-20(18)30-22(26)16-7-9-21(19(24)13-16)29-12-11-15-5-3-2-4-6-15/h2-10,13-14H,11-12H2,1H3. The smallest absolute Gasteiger partial charge is 0.343 e. The lowest BCUT2D eigenvalue weighted by Crippen LogP contribution is -2.12. The highest BCUT2D eigenvalue weighted by Gasteiger charge is 2.18. The van der Waals surface area contributed by atoms with E-state index in [1.807, 2.05) is 30.3 Å². The Kier molecular flexibility index (Phi) is 7.49. The fourth-order valence-electron chi connectivity index (χ4n) is 2.69. The molecule has 0 spiro atoms. The van der Waals surface area contributed by atoms with Gasteiger partial charge in [-0.15, -0.1) is 0 Å². The summed E-state index contributed by atoms with van der Waals surface area (Å²) in [5, 5.41) is 0.329. The molecule has 0 radical (unpaired) electrons. The molecule has 0 heterocycles. The highest BCUT2D eigenvalue weighted by Crippen LogP contribution is 2.28. The van der Waals surface area contributed by atoms with Crippen molar-refractivity contribution >= 4 is 39.5 Å². The summed E-state index contributed by atoms with van der Waals surface area (Å²) in [6.07, 6.45) is 0.768. The Morgan fingerprint density at radius 2 is 1.67 bits per heavy atom. The van der Waals surface area contributed by atoms with Crippen molar-refractivity contribution in [3.63, 3.8) is 0 Å². The summed E-state index contributed by atoms with van der Waals surface area (Å²) < 4.78 is 16.5. The molecule has 0 bridgehead atoms. The highest BCUT2D eigenvalue weighted by atomic mass is 79.9. The minimum atomic E-state index is -0.649. The first kappa shape index (κ1) is 21.9. The van der Waals surface area contributed by atoms with Crippen LogP contribution in [0.2, 0.25) is 5.02 Å². The van der Waals surface area contributed by atoms with Crippen LogP contribution in [-0.2, 0) is 11.2 Å². The number of hydrogen-bond acceptors (Lipinski definition) is 5. The van der Waals surface area contributed by atoms with E-state index < -0.39 is 11.9 Å². The Bertz CT molecular complexity index is 1050. The van der Waals surface area contributed by atoms with E-state index >= 15 is 0 Å². The van der Waals surface area contributed by atoms with Gasteiger partial charge in [0.15, 0.2) is 0 Å². The molecule has 3 aromatic rings. The van der Waals surface area contributed by atoms with E-state index in [9.17, 15) is 9.59 Å². The molecule has 30 heavy (non-hydrogen) atoms. The molecule has 0 aliphatic carbocycles. The molecule has 0 unspecified atom stereocenters. The van der Waals surface area contributed by atoms with Crippen LogP contribution in [0.25, 0.3) is 0 Å². The SMILES string of the molecule is COC(=O)c1cc(Cl)ccc1OC(=O)c1ccc(OCCc2ccccc2)c(Br)c1. The average Bonchev–Trinajstić information content (AvgIpc) is 2.76. The van der Waals surface area contributed by atoms with Gasteiger partial charge in [-0.3, -0.25) is 0 Å². The van der Waals surface area contributed by atoms with E-state index in [1.54, 1.807) is 18.2 Å². The number of methoxy groups -OCH3 is 1. The first-order valence-corrected chi connectivity index (χ1v) is 10.2. The van der Waals surface area contributed by atoms with Crippen molar-refractivity contribution in [2.45, 2.75) is 6.42 Å². The Labute approximate surface area is 187 Å². The van der Waals surface area contributed by atoms with Crippen LogP contribution in [0, 0.1) is 0 Å². The lowest BCUT2D eigenvalue weighted by atomic mass is 10.2. The number of carbonyl (C=O) groups excluding carboxylic acids is 2. The quantitative estimate of drug-likeness (QED) is 0.313. The summed E-state index contributed by atoms with van der Waals surface area (Å²) in [7, 11) is 1.24. The van der Waals surface area contributed by atoms with Crippen LogP contribution < -0.4 is 9.47 Å². The molecule has 5 nitrogen and oxygen atoms in total. The van der Waals surface area contributed by atoms with Crippen molar-refractivity contribution in [3.05, 3.63) is 92.9 Å². The van der Waals surface area contributed by atoms with Gasteiger partial charge in [0.25, 0.3) is 0 Å². The number of esters is 2. The van der Waals surface area contributed by atoms with Crippen LogP contribution in [0.4, 0.5) is 0 Å². The lowest BCUT2D eigenvalue weighted by molar-refractivity contribution is 0.0593. The third-order valence-corrected chi connectivity index (χ3v) is 5.06. The van der Waals surface area contributed by atoms with Crippen LogP contribution in [-0.4, -0.2) is 25.7 Å². The summed E-state index contributed by atoms with van der Waals surface area (Å²) in [5.41, 5.74) is 1.54. The molecule has 0 amide bonds. The summed E-state index contributed by atoms with van der Waals surface area (Å²) in [6, 6.07) is 19.3. The first-order valence-electron chi connectivity index (χ1n) is 9.04. The topological polar surface area (TPSA) is 61.8 Å². The maximum atomic E-state index is 12.6. The molecule has 0 aliphatic rings. The minimum absolute atomic E-state index is 0.0653. The fraction of sp³-hybridized carbons (Fsp3) is 0.130. The van der Waals surface area contributed by atoms with E-state index in [0.717, 1.165) is 6.42 Å². The Morgan fingerprint density at radius 3 is 2.37 bits per heavy atom. The van der Waals surface area contributed by atoms with Gasteiger partial charge in [-0.2, -0.15) is 0 Å². The second kappa shape index (κ2) is 10.3. The van der Waals surface area contributed by atoms with Gasteiger partial charge in [0.1, 0.15) is 17.1 Å². The van der Waals surface area contributed by atoms with E-state index in [4.69, 9.17) is 25.8 Å². The second-order valence-corrected chi connectivity index (χ2v) is 7.54. The molecule has 0 aromatic heterocycles. The van der Waals surface area contributed by atoms with Crippen LogP contribution in [0.5, 0.6) is 11.5 Å². The van der Waals surface area contributed by atoms with E-state index in [2.05, 4.69) is 15.9 Å². The van der Waals surface area contributed by atoms with Crippen molar-refractivity contribution in [3.8, 4) is 11.5 Å². The highest BCUT2D eigenvalue weighted by molar-refractivity contribution is 9.10. The summed E-state index contributed by atoms with van der Waals surface area (Å²) in [5.74, 6) is -0.595. The van der Waals surface area contributed by atoms with Crippen LogP contribution in [0.1, 0.15) is 26.3 Å². The molecule has 0 aliphatic heterocycles. The van der Waals surface area contributed by atoms with Gasteiger partial charge < -0.3 is 14.2 Å². The van der Waals surface area contributed by atoms with Gasteiger partial charge in [-0.1, -0.05) is 41.9 Å². The van der Waals surface area contributed by atoms with E-state index in [1.165, 1.54) is 30.9 Å². The zero-order valence-electron chi connectivity index (χ0n) is 16.1. The summed E-state index contributed by atoms with van der Waals surface area (Å²) in [4.78, 5) is 24.5. The normalized spacial score (nSPS) is 10.4. The number of benzene rings is 3. The predicted molar refractivity (Wildman–Crippen MR) is 118 cm³/mol. The fourth-order valence-corrected chi connectivity index (χ4v) is 3.35. The molecular formula is C23H18BrClO5. The maximum absolute atomic E-state index is 12.6. The number of hydrogen-bond donors (Lipinski definition) is 0. The zero-order chi connectivity index (χ0) is 21.5. The van der Waals surface area contributed by atoms with Crippen LogP contribution in [0.15, 0.2) is 71.2 Å². The average molecular weight is 490 g/mol. The Morgan fingerprint density at radius 1 is 0.933 bits per heavy atom. The molecule has 7 heteroatoms. The largest absolute Gasteiger partial charge is 0.492 e. The van der Waals surface area contributed by atoms with Crippen molar-refractivity contribution < 1.29 is 23.8 Å². The molecule has 0 N–H and O–H groups in total. The minimum Gasteiger partial charge on any atom is -0.492 e. The number of rotatable bonds is 7. The Balaban J connectivity index is 1.67. The van der Waals surface area contributed by atoms with Crippen molar-refractivity contribution in [1.29, 1.82) is 0 Å². The monoisotopic (exact) mass is 488 g/mol. The van der Waals surface area contributed by atoms with Gasteiger partial charge in [-0.05, 0) is 57.9 Å². The molecular weight excluding hydrogens is 472 g/mol. The third-order valence-electron chi connectivity index (χ3n) is 4.21. The van der Waals surface area contributed by atoms with Crippen molar-refractivity contribution in [2.75, 3.05) is 13.7 Å². The number of halogens is 2. The van der Waals surface area contributed by atoms with Gasteiger partial charge in [-0.25, -0.2) is 9.59 Å². The molecule has 0 saturated carbocycles. The first-order chi connectivity index (χ1) is 14.5. The molecule has 3 aromatic carbocycles. The predicted octanol–water partition coefficient (Wildman–Crippen LogP) is 5.73. The summed E-state index contributed by atoms with van der Waals surface area (Å²) >= 11 is 9.34. The van der Waals surface area contributed by atoms with E-state index in [-0.39, 0.29) is 11.3 Å². The van der Waals surface area contributed by atoms with E-state index in [0.29, 0.717) is 27.4 Å². The van der Waals surface area contributed by atoms with Gasteiger partial charge >= 0.3 is 11.9 Å². The lowest BCUT2D eigenvalue weighted by Gasteiger charge is -2.11. The third kappa shape index (κ3) is 5.62. The summed E-state index contributed by atoms with van der Waals surface area (Å²) in [6.45, 7) is 0.500. The van der Waals surface area contributed by atoms with Crippen LogP contribution in [0.3, 0.4) is 0 Å². The van der Waals surface area contributed by atoms with Gasteiger partial charge in [0.2, 0.25) is 0 Å². The van der Waals surface area contributed by atoms with Gasteiger partial charge in [0, 0.05) is 11.4 Å². The number of ether oxygens (including phenoxy) is 3. The molecule has 154 valence electrons. The molecule has 3 rings (SSSR count). The molecule has 0 saturated heterocycles. The van der Waals surface area contributed by atoms with Crippen molar-refractivity contribution in [2.24, 2.45) is 0 Å². The van der Waals surface area contributed by atoms with Gasteiger partial charge in [0.05, 0.1) is 23.8 Å².